The first-order chi connectivity index (χ1) is 10.8. The van der Waals surface area contributed by atoms with Gasteiger partial charge in [-0.15, -0.1) is 0 Å². The average Bonchev–Trinajstić information content (AvgIpc) is 3.06. The van der Waals surface area contributed by atoms with Crippen LogP contribution in [0.25, 0.3) is 0 Å². The summed E-state index contributed by atoms with van der Waals surface area (Å²) in [6, 6.07) is 0. The molecule has 1 amide bonds. The third kappa shape index (κ3) is 5.54. The molecule has 0 radical (unpaired) electrons. The van der Waals surface area contributed by atoms with Gasteiger partial charge in [-0.25, -0.2) is 9.97 Å². The van der Waals surface area contributed by atoms with E-state index in [1.807, 2.05) is 6.26 Å². The first kappa shape index (κ1) is 16.0. The van der Waals surface area contributed by atoms with Crippen LogP contribution in [0.5, 0.6) is 0 Å². The number of rotatable bonds is 6. The summed E-state index contributed by atoms with van der Waals surface area (Å²) in [5.74, 6) is 5.99. The van der Waals surface area contributed by atoms with Gasteiger partial charge in [0.05, 0.1) is 18.3 Å². The van der Waals surface area contributed by atoms with Gasteiger partial charge in [0, 0.05) is 25.2 Å². The second-order valence-corrected chi connectivity index (χ2v) is 5.13. The summed E-state index contributed by atoms with van der Waals surface area (Å²) in [6.45, 7) is 0.389. The molecule has 0 bridgehead atoms. The molecule has 2 heterocycles. The Morgan fingerprint density at radius 3 is 2.86 bits per heavy atom. The van der Waals surface area contributed by atoms with Crippen molar-refractivity contribution in [2.75, 3.05) is 6.26 Å². The van der Waals surface area contributed by atoms with E-state index < -0.39 is 0 Å². The maximum absolute atomic E-state index is 11.6. The molecule has 0 spiro atoms. The Hall–Kier alpha value is -2.40. The standard InChI is InChI=1S/C14H16N6OS/c1-22-14-16-7-11(8-17-14)5-3-2-4-6-13(21)15-9-12-10-18-20-19-12/h7-8,10H,2,4,6,9H2,1H3,(H,15,21)(H,18,19,20). The molecule has 0 saturated heterocycles. The largest absolute Gasteiger partial charge is 0.350 e. The fraction of sp³-hybridized carbons (Fsp3) is 0.357. The summed E-state index contributed by atoms with van der Waals surface area (Å²) in [6.07, 6.45) is 8.72. The third-order valence-electron chi connectivity index (χ3n) is 2.68. The van der Waals surface area contributed by atoms with Crippen molar-refractivity contribution >= 4 is 17.7 Å². The maximum atomic E-state index is 11.6. The van der Waals surface area contributed by atoms with Crippen molar-refractivity contribution in [1.29, 1.82) is 0 Å². The van der Waals surface area contributed by atoms with Crippen molar-refractivity contribution < 1.29 is 4.79 Å². The minimum atomic E-state index is -0.0162. The van der Waals surface area contributed by atoms with Gasteiger partial charge in [-0.1, -0.05) is 23.6 Å². The molecule has 0 aromatic carbocycles. The van der Waals surface area contributed by atoms with E-state index in [-0.39, 0.29) is 5.91 Å². The highest BCUT2D eigenvalue weighted by Crippen LogP contribution is 2.06. The Kier molecular flexibility index (Phi) is 6.39. The van der Waals surface area contributed by atoms with Crippen LogP contribution >= 0.6 is 11.8 Å². The van der Waals surface area contributed by atoms with E-state index in [4.69, 9.17) is 0 Å². The minimum Gasteiger partial charge on any atom is -0.350 e. The molecule has 22 heavy (non-hydrogen) atoms. The number of hydrogen-bond donors (Lipinski definition) is 2. The van der Waals surface area contributed by atoms with E-state index >= 15 is 0 Å². The van der Waals surface area contributed by atoms with Crippen molar-refractivity contribution in [2.45, 2.75) is 31.0 Å². The number of aromatic nitrogens is 5. The summed E-state index contributed by atoms with van der Waals surface area (Å²) < 4.78 is 0. The number of hydrogen-bond acceptors (Lipinski definition) is 6. The molecule has 0 aliphatic heterocycles. The van der Waals surface area contributed by atoms with Crippen LogP contribution in [0, 0.1) is 11.8 Å². The molecule has 0 fully saturated rings. The highest BCUT2D eigenvalue weighted by Gasteiger charge is 2.01. The number of amides is 1. The molecule has 0 aliphatic rings. The van der Waals surface area contributed by atoms with Crippen LogP contribution in [0.3, 0.4) is 0 Å². The van der Waals surface area contributed by atoms with Gasteiger partial charge in [-0.3, -0.25) is 4.79 Å². The second-order valence-electron chi connectivity index (χ2n) is 4.35. The summed E-state index contributed by atoms with van der Waals surface area (Å²) >= 11 is 1.49. The van der Waals surface area contributed by atoms with Gasteiger partial charge in [-0.2, -0.15) is 15.4 Å². The minimum absolute atomic E-state index is 0.0162. The van der Waals surface area contributed by atoms with E-state index in [0.29, 0.717) is 31.5 Å². The average molecular weight is 316 g/mol. The van der Waals surface area contributed by atoms with Crippen molar-refractivity contribution in [1.82, 2.24) is 30.7 Å². The maximum Gasteiger partial charge on any atom is 0.220 e. The normalized spacial score (nSPS) is 9.86. The molecule has 2 rings (SSSR count). The Morgan fingerprint density at radius 2 is 2.18 bits per heavy atom. The fourth-order valence-electron chi connectivity index (χ4n) is 1.58. The van der Waals surface area contributed by atoms with E-state index in [9.17, 15) is 4.79 Å². The molecule has 8 heteroatoms. The number of thioether (sulfide) groups is 1. The molecule has 0 atom stereocenters. The van der Waals surface area contributed by atoms with Crippen LogP contribution in [-0.4, -0.2) is 37.5 Å². The summed E-state index contributed by atoms with van der Waals surface area (Å²) in [4.78, 5) is 19.9. The predicted molar refractivity (Wildman–Crippen MR) is 82.8 cm³/mol. The highest BCUT2D eigenvalue weighted by molar-refractivity contribution is 7.98. The molecule has 2 N–H and O–H groups in total. The number of aromatic amines is 1. The predicted octanol–water partition coefficient (Wildman–Crippen LogP) is 1.15. The van der Waals surface area contributed by atoms with Gasteiger partial charge < -0.3 is 5.32 Å². The van der Waals surface area contributed by atoms with Crippen LogP contribution in [0.4, 0.5) is 0 Å². The van der Waals surface area contributed by atoms with E-state index in [0.717, 1.165) is 10.7 Å². The number of nitrogens with zero attached hydrogens (tertiary/aromatic N) is 4. The van der Waals surface area contributed by atoms with Crippen molar-refractivity contribution in [2.24, 2.45) is 0 Å². The fourth-order valence-corrected chi connectivity index (χ4v) is 1.89. The Balaban J connectivity index is 1.64. The van der Waals surface area contributed by atoms with Gasteiger partial charge >= 0.3 is 0 Å². The number of nitrogens with one attached hydrogen (secondary N) is 2. The molecule has 114 valence electrons. The summed E-state index contributed by atoms with van der Waals surface area (Å²) in [5, 5.41) is 13.5. The second kappa shape index (κ2) is 8.79. The van der Waals surface area contributed by atoms with Crippen molar-refractivity contribution in [3.63, 3.8) is 0 Å². The van der Waals surface area contributed by atoms with E-state index in [1.54, 1.807) is 18.6 Å². The molecular weight excluding hydrogens is 300 g/mol. The molecule has 0 saturated carbocycles. The van der Waals surface area contributed by atoms with Crippen molar-refractivity contribution in [3.8, 4) is 11.8 Å². The molecule has 0 unspecified atom stereocenters. The summed E-state index contributed by atoms with van der Waals surface area (Å²) in [5.41, 5.74) is 1.50. The number of H-pyrrole nitrogens is 1. The summed E-state index contributed by atoms with van der Waals surface area (Å²) in [7, 11) is 0. The van der Waals surface area contributed by atoms with E-state index in [1.165, 1.54) is 11.8 Å². The van der Waals surface area contributed by atoms with Crippen LogP contribution in [0.2, 0.25) is 0 Å². The van der Waals surface area contributed by atoms with Gasteiger partial charge in [0.1, 0.15) is 5.69 Å². The zero-order valence-corrected chi connectivity index (χ0v) is 13.0. The lowest BCUT2D eigenvalue weighted by molar-refractivity contribution is -0.121. The van der Waals surface area contributed by atoms with Crippen LogP contribution in [-0.2, 0) is 11.3 Å². The SMILES string of the molecule is CSc1ncc(C#CCCCC(=O)NCc2cn[nH]n2)cn1. The van der Waals surface area contributed by atoms with Crippen LogP contribution < -0.4 is 5.32 Å². The Labute approximate surface area is 132 Å². The Bertz CT molecular complexity index is 644. The lowest BCUT2D eigenvalue weighted by atomic mass is 10.2. The van der Waals surface area contributed by atoms with Crippen molar-refractivity contribution in [3.05, 3.63) is 29.8 Å². The quantitative estimate of drug-likeness (QED) is 0.359. The number of carbonyl (C=O) groups excluding carboxylic acids is 1. The van der Waals surface area contributed by atoms with Crippen LogP contribution in [0.15, 0.2) is 23.7 Å². The molecule has 2 aromatic heterocycles. The lowest BCUT2D eigenvalue weighted by Crippen LogP contribution is -2.22. The smallest absolute Gasteiger partial charge is 0.220 e. The first-order valence-electron chi connectivity index (χ1n) is 6.74. The molecule has 2 aromatic rings. The van der Waals surface area contributed by atoms with Gasteiger partial charge in [0.2, 0.25) is 5.91 Å². The number of unbranched alkanes of at least 4 members (excludes halogenated alkanes) is 1. The van der Waals surface area contributed by atoms with E-state index in [2.05, 4.69) is 42.5 Å². The molecular formula is C14H16N6OS. The van der Waals surface area contributed by atoms with Gasteiger partial charge in [0.25, 0.3) is 0 Å². The monoisotopic (exact) mass is 316 g/mol. The first-order valence-corrected chi connectivity index (χ1v) is 7.96. The molecule has 0 aliphatic carbocycles. The zero-order valence-electron chi connectivity index (χ0n) is 12.2. The van der Waals surface area contributed by atoms with Gasteiger partial charge in [-0.05, 0) is 12.7 Å². The zero-order chi connectivity index (χ0) is 15.6. The highest BCUT2D eigenvalue weighted by atomic mass is 32.2. The van der Waals surface area contributed by atoms with Gasteiger partial charge in [0.15, 0.2) is 5.16 Å². The third-order valence-corrected chi connectivity index (χ3v) is 3.26. The topological polar surface area (TPSA) is 96.5 Å². The lowest BCUT2D eigenvalue weighted by Gasteiger charge is -2.00. The Morgan fingerprint density at radius 1 is 1.36 bits per heavy atom. The number of carbonyl (C=O) groups is 1. The van der Waals surface area contributed by atoms with Crippen LogP contribution in [0.1, 0.15) is 30.5 Å². The molecule has 7 nitrogen and oxygen atoms in total.